The summed E-state index contributed by atoms with van der Waals surface area (Å²) < 4.78 is 0. The number of hydrogen-bond donors (Lipinski definition) is 0. The van der Waals surface area contributed by atoms with Crippen LogP contribution in [0.5, 0.6) is 0 Å². The third kappa shape index (κ3) is 37.1. The van der Waals surface area contributed by atoms with Gasteiger partial charge in [-0.05, 0) is 79.7 Å². The van der Waals surface area contributed by atoms with E-state index in [0.29, 0.717) is 16.0 Å². The molecule has 1 heteroatoms. The van der Waals surface area contributed by atoms with Gasteiger partial charge in [-0.15, -0.1) is 0 Å². The summed E-state index contributed by atoms with van der Waals surface area (Å²) in [6, 6.07) is 0. The van der Waals surface area contributed by atoms with Crippen molar-refractivity contribution in [3.63, 3.8) is 0 Å². The second-order valence-corrected chi connectivity index (χ2v) is 28.5. The Morgan fingerprint density at radius 2 is 0.370 bits per heavy atom. The minimum Gasteiger partial charge on any atom is -0.0998 e. The van der Waals surface area contributed by atoms with Crippen molar-refractivity contribution in [1.82, 2.24) is 0 Å². The molecule has 0 fully saturated rings. The molecule has 73 heavy (non-hydrogen) atoms. The summed E-state index contributed by atoms with van der Waals surface area (Å²) in [5.41, 5.74) is 0.918. The van der Waals surface area contributed by atoms with Crippen molar-refractivity contribution in [2.45, 2.75) is 440 Å². The Kier molecular flexibility index (Phi) is 56.1. The van der Waals surface area contributed by atoms with Crippen molar-refractivity contribution in [2.75, 3.05) is 12.3 Å². The lowest BCUT2D eigenvalue weighted by Crippen LogP contribution is -2.57. The summed E-state index contributed by atoms with van der Waals surface area (Å²) in [5.74, 6) is 0. The van der Waals surface area contributed by atoms with E-state index in [0.717, 1.165) is 0 Å². The zero-order valence-corrected chi connectivity index (χ0v) is 54.3. The molecule has 0 aromatic heterocycles. The predicted molar refractivity (Wildman–Crippen MR) is 343 cm³/mol. The van der Waals surface area contributed by atoms with E-state index < -0.39 is 0 Å². The molecule has 440 valence electrons. The molecule has 0 amide bonds. The van der Waals surface area contributed by atoms with E-state index in [1.54, 1.807) is 38.0 Å². The summed E-state index contributed by atoms with van der Waals surface area (Å²) in [6.45, 7) is 22.5. The summed E-state index contributed by atoms with van der Waals surface area (Å²) >= 11 is 0. The van der Waals surface area contributed by atoms with E-state index in [1.807, 2.05) is 0 Å². The first-order valence-corrected chi connectivity index (χ1v) is 37.3. The van der Waals surface area contributed by atoms with Crippen LogP contribution in [0.1, 0.15) is 435 Å². The standard InChI is InChI=1S/C72H147P/c1-10-18-26-32-38-44-50-56-62-70(9,63-57-51-45-39-33-27-19-11-2)71(64-58-52-46-40-34-28-20-12-3,65-59-53-47-41-35-29-21-13-4)72(73(68-24-16-7)69-25-17-8,66-60-54-48-42-36-30-22-14-5)67-61-55-49-43-37-31-23-15-6/h10-69H2,1-9H3. The average molecular weight is 1040 g/mol. The van der Waals surface area contributed by atoms with Gasteiger partial charge in [-0.1, -0.05) is 391 Å². The second-order valence-electron chi connectivity index (χ2n) is 25.7. The fraction of sp³-hybridized carbons (Fsp3) is 1.00. The molecule has 0 rings (SSSR count). The Balaban J connectivity index is 8.02. The van der Waals surface area contributed by atoms with Crippen LogP contribution in [-0.2, 0) is 0 Å². The molecule has 0 atom stereocenters. The molecular weight excluding hydrogens is 896 g/mol. The van der Waals surface area contributed by atoms with E-state index in [2.05, 4.69) is 62.3 Å². The van der Waals surface area contributed by atoms with Crippen molar-refractivity contribution >= 4 is 7.92 Å². The van der Waals surface area contributed by atoms with Crippen LogP contribution in [0.25, 0.3) is 0 Å². The highest BCUT2D eigenvalue weighted by Gasteiger charge is 2.60. The molecule has 0 radical (unpaired) electrons. The zero-order chi connectivity index (χ0) is 53.5. The van der Waals surface area contributed by atoms with E-state index in [4.69, 9.17) is 0 Å². The van der Waals surface area contributed by atoms with Crippen molar-refractivity contribution in [1.29, 1.82) is 0 Å². The Labute approximate surface area is 468 Å². The topological polar surface area (TPSA) is 0 Å². The molecule has 0 aliphatic heterocycles. The lowest BCUT2D eigenvalue weighted by atomic mass is 9.49. The molecule has 0 saturated heterocycles. The fourth-order valence-corrected chi connectivity index (χ4v) is 18.9. The molecule has 0 aliphatic carbocycles. The van der Waals surface area contributed by atoms with E-state index >= 15 is 0 Å². The SMILES string of the molecule is CCCCCCCCCCC(C)(CCCCCCCCCC)C(CCCCCCCCCC)(CCCCCCCCCC)C(CCCCCCCCCC)(CCCCCCCCCC)P(CCCC)CCCC. The molecule has 0 aromatic rings. The Morgan fingerprint density at radius 3 is 0.589 bits per heavy atom. The summed E-state index contributed by atoms with van der Waals surface area (Å²) in [6.07, 6.45) is 88.9. The maximum atomic E-state index is 3.08. The van der Waals surface area contributed by atoms with Crippen LogP contribution in [0.2, 0.25) is 0 Å². The largest absolute Gasteiger partial charge is 0.0998 e. The number of rotatable bonds is 63. The third-order valence-corrected chi connectivity index (χ3v) is 23.0. The van der Waals surface area contributed by atoms with Gasteiger partial charge in [0.05, 0.1) is 0 Å². The van der Waals surface area contributed by atoms with Crippen LogP contribution in [0, 0.1) is 10.8 Å². The third-order valence-electron chi connectivity index (χ3n) is 19.2. The molecule has 0 spiro atoms. The smallest absolute Gasteiger partial charge is 0.00328 e. The van der Waals surface area contributed by atoms with E-state index in [9.17, 15) is 0 Å². The maximum Gasteiger partial charge on any atom is -0.00328 e. The Bertz CT molecular complexity index is 961. The van der Waals surface area contributed by atoms with Crippen molar-refractivity contribution < 1.29 is 0 Å². The van der Waals surface area contributed by atoms with E-state index in [1.165, 1.54) is 347 Å². The molecule has 0 aliphatic rings. The van der Waals surface area contributed by atoms with Gasteiger partial charge >= 0.3 is 0 Å². The van der Waals surface area contributed by atoms with Gasteiger partial charge in [0.25, 0.3) is 0 Å². The molecule has 0 heterocycles. The highest BCUT2D eigenvalue weighted by atomic mass is 31.1. The predicted octanol–water partition coefficient (Wildman–Crippen LogP) is 28.0. The van der Waals surface area contributed by atoms with Crippen LogP contribution in [-0.4, -0.2) is 17.5 Å². The van der Waals surface area contributed by atoms with Crippen LogP contribution in [0.15, 0.2) is 0 Å². The minimum atomic E-state index is -0.0672. The first-order chi connectivity index (χ1) is 35.9. The van der Waals surface area contributed by atoms with Gasteiger partial charge in [0.15, 0.2) is 0 Å². The normalized spacial score (nSPS) is 12.6. The van der Waals surface area contributed by atoms with Crippen LogP contribution >= 0.6 is 7.92 Å². The molecule has 0 aromatic carbocycles. The van der Waals surface area contributed by atoms with Crippen LogP contribution in [0.4, 0.5) is 0 Å². The Hall–Kier alpha value is 0.430. The van der Waals surface area contributed by atoms with Crippen molar-refractivity contribution in [3.8, 4) is 0 Å². The van der Waals surface area contributed by atoms with Gasteiger partial charge in [-0.25, -0.2) is 0 Å². The molecule has 0 saturated carbocycles. The first-order valence-electron chi connectivity index (χ1n) is 35.6. The first kappa shape index (κ1) is 73.4. The summed E-state index contributed by atoms with van der Waals surface area (Å²) in [5, 5.41) is 0.536. The van der Waals surface area contributed by atoms with Gasteiger partial charge < -0.3 is 0 Å². The second kappa shape index (κ2) is 55.7. The zero-order valence-electron chi connectivity index (χ0n) is 53.4. The monoisotopic (exact) mass is 1040 g/mol. The maximum absolute atomic E-state index is 3.08. The quantitative estimate of drug-likeness (QED) is 0.0421. The average Bonchev–Trinajstić information content (AvgIpc) is 3.39. The lowest BCUT2D eigenvalue weighted by Gasteiger charge is -2.65. The number of hydrogen-bond acceptors (Lipinski definition) is 0. The van der Waals surface area contributed by atoms with Crippen molar-refractivity contribution in [3.05, 3.63) is 0 Å². The summed E-state index contributed by atoms with van der Waals surface area (Å²) in [7, 11) is -0.0672. The molecular formula is C72H147P. The van der Waals surface area contributed by atoms with Gasteiger partial charge in [-0.3, -0.25) is 0 Å². The molecule has 0 nitrogen and oxygen atoms in total. The summed E-state index contributed by atoms with van der Waals surface area (Å²) in [4.78, 5) is 0. The van der Waals surface area contributed by atoms with Gasteiger partial charge in [0.1, 0.15) is 0 Å². The lowest BCUT2D eigenvalue weighted by molar-refractivity contribution is -0.0423. The fourth-order valence-electron chi connectivity index (χ4n) is 14.3. The van der Waals surface area contributed by atoms with Gasteiger partial charge in [0.2, 0.25) is 0 Å². The van der Waals surface area contributed by atoms with Crippen LogP contribution < -0.4 is 0 Å². The van der Waals surface area contributed by atoms with Crippen molar-refractivity contribution in [2.24, 2.45) is 10.8 Å². The highest BCUT2D eigenvalue weighted by molar-refractivity contribution is 7.59. The van der Waals surface area contributed by atoms with E-state index in [-0.39, 0.29) is 7.92 Å². The minimum absolute atomic E-state index is 0.0672. The molecule has 0 unspecified atom stereocenters. The Morgan fingerprint density at radius 1 is 0.192 bits per heavy atom. The van der Waals surface area contributed by atoms with Gasteiger partial charge in [-0.2, -0.15) is 0 Å². The number of unbranched alkanes of at least 4 members (excludes halogenated alkanes) is 44. The highest BCUT2D eigenvalue weighted by Crippen LogP contribution is 2.73. The van der Waals surface area contributed by atoms with Crippen LogP contribution in [0.3, 0.4) is 0 Å². The molecule has 0 N–H and O–H groups in total. The molecule has 0 bridgehead atoms. The van der Waals surface area contributed by atoms with Gasteiger partial charge in [0, 0.05) is 0 Å².